The lowest BCUT2D eigenvalue weighted by atomic mass is 10.1. The topological polar surface area (TPSA) is 25.7 Å². The third kappa shape index (κ3) is 0.355. The Morgan fingerprint density at radius 2 is 1.42 bits per heavy atom. The summed E-state index contributed by atoms with van der Waals surface area (Å²) in [6.45, 7) is 0. The van der Waals surface area contributed by atoms with Gasteiger partial charge in [-0.15, -0.1) is 0 Å². The molecular formula is C10H4O2. The molecule has 0 unspecified atom stereocenters. The highest BCUT2D eigenvalue weighted by molar-refractivity contribution is 6.16. The van der Waals surface area contributed by atoms with Gasteiger partial charge in [-0.2, -0.15) is 0 Å². The van der Waals surface area contributed by atoms with Gasteiger partial charge in [0.25, 0.3) is 0 Å². The zero-order valence-corrected chi connectivity index (χ0v) is 6.13. The second kappa shape index (κ2) is 1.29. The van der Waals surface area contributed by atoms with E-state index in [1.165, 1.54) is 10.8 Å². The van der Waals surface area contributed by atoms with Crippen molar-refractivity contribution in [1.29, 1.82) is 0 Å². The molecule has 2 heteroatoms. The molecule has 1 aromatic carbocycles. The summed E-state index contributed by atoms with van der Waals surface area (Å²) in [6, 6.07) is 8.14. The van der Waals surface area contributed by atoms with Crippen LogP contribution in [0.4, 0.5) is 0 Å². The highest BCUT2D eigenvalue weighted by Gasteiger charge is 2.35. The van der Waals surface area contributed by atoms with E-state index in [0.717, 1.165) is 22.7 Å². The fraction of sp³-hybridized carbons (Fsp3) is 0. The third-order valence-electron chi connectivity index (χ3n) is 2.40. The Labute approximate surface area is 67.7 Å². The highest BCUT2D eigenvalue weighted by Crippen LogP contribution is 2.60. The lowest BCUT2D eigenvalue weighted by Gasteiger charge is -1.84. The fourth-order valence-electron chi connectivity index (χ4n) is 1.80. The van der Waals surface area contributed by atoms with E-state index in [1.807, 2.05) is 12.1 Å². The molecule has 2 aromatic heterocycles. The minimum atomic E-state index is 0.913. The normalized spacial score (nSPS) is 13.7. The average Bonchev–Trinajstić information content (AvgIpc) is 2.74. The lowest BCUT2D eigenvalue weighted by Crippen LogP contribution is -1.61. The Morgan fingerprint density at radius 1 is 0.833 bits per heavy atom. The third-order valence-corrected chi connectivity index (χ3v) is 2.40. The van der Waals surface area contributed by atoms with Crippen molar-refractivity contribution in [3.63, 3.8) is 0 Å². The van der Waals surface area contributed by atoms with E-state index >= 15 is 0 Å². The number of ether oxygens (including phenoxy) is 1. The molecule has 0 spiro atoms. The van der Waals surface area contributed by atoms with Gasteiger partial charge in [-0.05, 0) is 0 Å². The molecule has 2 bridgehead atoms. The molecule has 0 saturated heterocycles. The highest BCUT2D eigenvalue weighted by atomic mass is 16.6. The summed E-state index contributed by atoms with van der Waals surface area (Å²) < 4.78 is 10.8. The van der Waals surface area contributed by atoms with E-state index < -0.39 is 0 Å². The predicted molar refractivity (Wildman–Crippen MR) is 45.0 cm³/mol. The van der Waals surface area contributed by atoms with Crippen LogP contribution < -0.4 is 4.74 Å². The smallest absolute Gasteiger partial charge is 0.217 e. The maximum atomic E-state index is 5.54. The van der Waals surface area contributed by atoms with E-state index in [0.29, 0.717) is 0 Å². The van der Waals surface area contributed by atoms with Crippen LogP contribution in [0.25, 0.3) is 21.9 Å². The van der Waals surface area contributed by atoms with E-state index in [-0.39, 0.29) is 0 Å². The first kappa shape index (κ1) is 5.04. The molecule has 0 aliphatic carbocycles. The Balaban J connectivity index is 2.50. The molecule has 0 amide bonds. The van der Waals surface area contributed by atoms with Gasteiger partial charge in [0, 0.05) is 10.8 Å². The maximum Gasteiger partial charge on any atom is 0.217 e. The van der Waals surface area contributed by atoms with Gasteiger partial charge in [0.2, 0.25) is 11.5 Å². The van der Waals surface area contributed by atoms with Crippen LogP contribution in [-0.4, -0.2) is 0 Å². The molecule has 4 rings (SSSR count). The molecule has 3 aromatic rings. The summed E-state index contributed by atoms with van der Waals surface area (Å²) in [5.74, 6) is 1.90. The quantitative estimate of drug-likeness (QED) is 0.365. The number of rotatable bonds is 0. The Bertz CT molecular complexity index is 541. The van der Waals surface area contributed by atoms with Crippen LogP contribution in [0.15, 0.2) is 28.7 Å². The molecule has 12 heavy (non-hydrogen) atoms. The van der Waals surface area contributed by atoms with Gasteiger partial charge < -0.3 is 9.15 Å². The van der Waals surface area contributed by atoms with Crippen LogP contribution in [-0.2, 0) is 0 Å². The first-order chi connectivity index (χ1) is 5.95. The second-order valence-electron chi connectivity index (χ2n) is 3.07. The largest absolute Gasteiger partial charge is 0.448 e. The van der Waals surface area contributed by atoms with E-state index in [1.54, 1.807) is 0 Å². The van der Waals surface area contributed by atoms with Crippen molar-refractivity contribution < 1.29 is 9.15 Å². The fourth-order valence-corrected chi connectivity index (χ4v) is 1.80. The second-order valence-corrected chi connectivity index (χ2v) is 3.07. The van der Waals surface area contributed by atoms with Crippen molar-refractivity contribution in [2.75, 3.05) is 0 Å². The number of hydrogen-bond donors (Lipinski definition) is 0. The Morgan fingerprint density at radius 3 is 2.00 bits per heavy atom. The summed E-state index contributed by atoms with van der Waals surface area (Å²) >= 11 is 0. The van der Waals surface area contributed by atoms with Crippen LogP contribution in [0.3, 0.4) is 0 Å². The van der Waals surface area contributed by atoms with Gasteiger partial charge in [-0.1, -0.05) is 24.3 Å². The van der Waals surface area contributed by atoms with Crippen molar-refractivity contribution in [3.8, 4) is 11.5 Å². The van der Waals surface area contributed by atoms with Gasteiger partial charge in [0.1, 0.15) is 0 Å². The van der Waals surface area contributed by atoms with E-state index in [4.69, 9.17) is 9.15 Å². The molecule has 1 aliphatic rings. The molecule has 56 valence electrons. The van der Waals surface area contributed by atoms with Crippen LogP contribution in [0, 0.1) is 0 Å². The molecule has 3 heterocycles. The van der Waals surface area contributed by atoms with Crippen molar-refractivity contribution in [2.24, 2.45) is 0 Å². The molecule has 0 fully saturated rings. The van der Waals surface area contributed by atoms with Crippen LogP contribution in [0.1, 0.15) is 0 Å². The van der Waals surface area contributed by atoms with Gasteiger partial charge >= 0.3 is 0 Å². The van der Waals surface area contributed by atoms with Gasteiger partial charge in [-0.25, -0.2) is 0 Å². The SMILES string of the molecule is c1ccc2c3oc(c4c3O4)c2c1. The first-order valence-corrected chi connectivity index (χ1v) is 3.89. The molecule has 0 saturated carbocycles. The van der Waals surface area contributed by atoms with Crippen LogP contribution in [0.5, 0.6) is 11.5 Å². The summed E-state index contributed by atoms with van der Waals surface area (Å²) in [6.07, 6.45) is 0. The monoisotopic (exact) mass is 156 g/mol. The van der Waals surface area contributed by atoms with Crippen molar-refractivity contribution in [2.45, 2.75) is 0 Å². The zero-order chi connectivity index (χ0) is 7.71. The number of hydrogen-bond acceptors (Lipinski definition) is 2. The number of benzene rings is 2. The van der Waals surface area contributed by atoms with Crippen LogP contribution in [0.2, 0.25) is 0 Å². The standard InChI is InChI=1S/C10H4O2/c1-2-4-6-5(3-1)7-9-10(12-9)8(6)11-7/h1-4H. The molecule has 2 nitrogen and oxygen atoms in total. The van der Waals surface area contributed by atoms with Gasteiger partial charge in [-0.3, -0.25) is 0 Å². The molecule has 0 N–H and O–H groups in total. The maximum absolute atomic E-state index is 5.54. The zero-order valence-electron chi connectivity index (χ0n) is 6.13. The van der Waals surface area contributed by atoms with Crippen molar-refractivity contribution in [3.05, 3.63) is 24.3 Å². The van der Waals surface area contributed by atoms with Crippen LogP contribution >= 0.6 is 0 Å². The predicted octanol–water partition coefficient (Wildman–Crippen LogP) is 3.13. The van der Waals surface area contributed by atoms with E-state index in [2.05, 4.69) is 12.1 Å². The molecular weight excluding hydrogens is 152 g/mol. The van der Waals surface area contributed by atoms with Crippen molar-refractivity contribution in [1.82, 2.24) is 0 Å². The Hall–Kier alpha value is -1.70. The lowest BCUT2D eigenvalue weighted by molar-refractivity contribution is 0.585. The van der Waals surface area contributed by atoms with E-state index in [9.17, 15) is 0 Å². The van der Waals surface area contributed by atoms with Gasteiger partial charge in [0.15, 0.2) is 11.2 Å². The minimum Gasteiger partial charge on any atom is -0.448 e. The van der Waals surface area contributed by atoms with Gasteiger partial charge in [0.05, 0.1) is 0 Å². The molecule has 0 atom stereocenters. The summed E-state index contributed by atoms with van der Waals surface area (Å²) in [5.41, 5.74) is 1.83. The Kier molecular flexibility index (Phi) is 0.541. The molecule has 1 aliphatic heterocycles. The molecule has 0 radical (unpaired) electrons. The van der Waals surface area contributed by atoms with Crippen molar-refractivity contribution >= 4 is 21.9 Å². The average molecular weight is 156 g/mol. The summed E-state index contributed by atoms with van der Waals surface area (Å²) in [7, 11) is 0. The first-order valence-electron chi connectivity index (χ1n) is 3.89. The number of fused-ring (bicyclic) bond motifs is 8. The number of furan rings is 2. The summed E-state index contributed by atoms with van der Waals surface area (Å²) in [4.78, 5) is 0. The minimum absolute atomic E-state index is 0.913. The summed E-state index contributed by atoms with van der Waals surface area (Å²) in [5, 5.41) is 2.34.